The van der Waals surface area contributed by atoms with E-state index in [0.717, 1.165) is 38.5 Å². The fourth-order valence-electron chi connectivity index (χ4n) is 8.63. The minimum absolute atomic E-state index is 0.443. The third-order valence-corrected chi connectivity index (χ3v) is 11.1. The minimum atomic E-state index is 0.443. The van der Waals surface area contributed by atoms with Crippen LogP contribution in [0.5, 0.6) is 0 Å². The molecule has 1 nitrogen and oxygen atoms in total. The molecule has 0 fully saturated rings. The summed E-state index contributed by atoms with van der Waals surface area (Å²) >= 11 is 0. The van der Waals surface area contributed by atoms with Crippen LogP contribution >= 0.6 is 0 Å². The van der Waals surface area contributed by atoms with Gasteiger partial charge in [-0.3, -0.25) is 0 Å². The van der Waals surface area contributed by atoms with E-state index in [4.69, 9.17) is 0 Å². The lowest BCUT2D eigenvalue weighted by atomic mass is 9.77. The van der Waals surface area contributed by atoms with Gasteiger partial charge in [0.25, 0.3) is 0 Å². The first-order chi connectivity index (χ1) is 23.2. The van der Waals surface area contributed by atoms with Crippen LogP contribution in [-0.2, 0) is 6.42 Å². The third-order valence-electron chi connectivity index (χ3n) is 11.1. The van der Waals surface area contributed by atoms with Crippen LogP contribution < -0.4 is 0 Å². The van der Waals surface area contributed by atoms with Gasteiger partial charge in [-0.1, -0.05) is 116 Å². The van der Waals surface area contributed by atoms with E-state index in [-0.39, 0.29) is 0 Å². The van der Waals surface area contributed by atoms with Gasteiger partial charge in [0.1, 0.15) is 0 Å². The summed E-state index contributed by atoms with van der Waals surface area (Å²) < 4.78 is 2.48. The second-order valence-corrected chi connectivity index (χ2v) is 13.8. The smallest absolute Gasteiger partial charge is 0.0538 e. The first-order valence-corrected chi connectivity index (χ1v) is 17.6. The monoisotopic (exact) mass is 607 g/mol. The van der Waals surface area contributed by atoms with Crippen LogP contribution in [0.4, 0.5) is 0 Å². The molecule has 9 rings (SSSR count). The number of nitrogens with zero attached hydrogens (tertiary/aromatic N) is 1. The standard InChI is InChI=1S/C46H41N/c1-31-41(33-15-7-3-8-16-33)30-37-22-21-35(28-43(37)39-25-23-34(27-42(31)39)32-13-5-2-6-14-32)36-24-26-46-44(29-36)40-19-11-12-20-45(40)47(46)38-17-9-4-10-18-38/h3-5,7,9,11-15,17,19-29,31,41H,2,6,8,10,16,18,30H2,1H3/t31-,41?/m0/s1. The van der Waals surface area contributed by atoms with Crippen molar-refractivity contribution in [1.29, 1.82) is 0 Å². The highest BCUT2D eigenvalue weighted by atomic mass is 15.0. The quantitative estimate of drug-likeness (QED) is 0.192. The Morgan fingerprint density at radius 2 is 1.45 bits per heavy atom. The minimum Gasteiger partial charge on any atom is -0.313 e. The van der Waals surface area contributed by atoms with Crippen LogP contribution in [0.2, 0.25) is 0 Å². The summed E-state index contributed by atoms with van der Waals surface area (Å²) in [5.74, 6) is 0.946. The highest BCUT2D eigenvalue weighted by molar-refractivity contribution is 6.11. The number of allylic oxidation sites excluding steroid dienone is 12. The van der Waals surface area contributed by atoms with Gasteiger partial charge < -0.3 is 4.57 Å². The van der Waals surface area contributed by atoms with E-state index in [9.17, 15) is 0 Å². The predicted octanol–water partition coefficient (Wildman–Crippen LogP) is 12.6. The summed E-state index contributed by atoms with van der Waals surface area (Å²) in [6.45, 7) is 2.48. The number of benzene rings is 4. The van der Waals surface area contributed by atoms with E-state index in [1.807, 2.05) is 0 Å². The molecular formula is C46H41N. The molecule has 0 N–H and O–H groups in total. The molecule has 0 aliphatic heterocycles. The van der Waals surface area contributed by atoms with E-state index in [1.54, 1.807) is 5.57 Å². The maximum Gasteiger partial charge on any atom is 0.0538 e. The van der Waals surface area contributed by atoms with Crippen molar-refractivity contribution in [3.05, 3.63) is 156 Å². The van der Waals surface area contributed by atoms with Crippen LogP contribution in [0.15, 0.2) is 139 Å². The number of hydrogen-bond donors (Lipinski definition) is 0. The molecule has 0 radical (unpaired) electrons. The highest BCUT2D eigenvalue weighted by Gasteiger charge is 2.30. The molecule has 2 atom stereocenters. The molecule has 0 spiro atoms. The zero-order chi connectivity index (χ0) is 31.3. The summed E-state index contributed by atoms with van der Waals surface area (Å²) in [5.41, 5.74) is 16.6. The maximum absolute atomic E-state index is 2.52. The van der Waals surface area contributed by atoms with Crippen molar-refractivity contribution in [1.82, 2.24) is 4.57 Å². The van der Waals surface area contributed by atoms with E-state index >= 15 is 0 Å². The number of rotatable bonds is 4. The lowest BCUT2D eigenvalue weighted by Gasteiger charge is -2.27. The van der Waals surface area contributed by atoms with Gasteiger partial charge >= 0.3 is 0 Å². The first kappa shape index (κ1) is 28.4. The second kappa shape index (κ2) is 11.7. The topological polar surface area (TPSA) is 4.93 Å². The zero-order valence-corrected chi connectivity index (χ0v) is 27.3. The van der Waals surface area contributed by atoms with Crippen LogP contribution in [-0.4, -0.2) is 4.57 Å². The van der Waals surface area contributed by atoms with Gasteiger partial charge in [0.2, 0.25) is 0 Å². The van der Waals surface area contributed by atoms with Crippen LogP contribution in [0, 0.1) is 5.92 Å². The number of fused-ring (bicyclic) bond motifs is 6. The number of hydrogen-bond acceptors (Lipinski definition) is 0. The summed E-state index contributed by atoms with van der Waals surface area (Å²) in [6.07, 6.45) is 28.7. The van der Waals surface area contributed by atoms with Gasteiger partial charge in [-0.05, 0) is 132 Å². The van der Waals surface area contributed by atoms with Crippen molar-refractivity contribution in [2.24, 2.45) is 5.92 Å². The fourth-order valence-corrected chi connectivity index (χ4v) is 8.63. The Balaban J connectivity index is 1.20. The summed E-state index contributed by atoms with van der Waals surface area (Å²) in [7, 11) is 0. The van der Waals surface area contributed by atoms with Crippen molar-refractivity contribution in [2.45, 2.75) is 57.8 Å². The predicted molar refractivity (Wildman–Crippen MR) is 201 cm³/mol. The van der Waals surface area contributed by atoms with Crippen molar-refractivity contribution in [3.8, 4) is 22.3 Å². The maximum atomic E-state index is 2.52. The highest BCUT2D eigenvalue weighted by Crippen LogP contribution is 2.47. The van der Waals surface area contributed by atoms with Gasteiger partial charge in [-0.2, -0.15) is 0 Å². The Morgan fingerprint density at radius 1 is 0.638 bits per heavy atom. The van der Waals surface area contributed by atoms with E-state index in [2.05, 4.69) is 145 Å². The third kappa shape index (κ3) is 4.92. The summed E-state index contributed by atoms with van der Waals surface area (Å²) in [4.78, 5) is 0. The van der Waals surface area contributed by atoms with Crippen LogP contribution in [0.3, 0.4) is 0 Å². The van der Waals surface area contributed by atoms with Crippen molar-refractivity contribution < 1.29 is 0 Å². The molecule has 230 valence electrons. The Kier molecular flexibility index (Phi) is 7.08. The SMILES string of the molecule is C[C@@H]1c2cc(C3=CCCC=C3)ccc2-c2cc(-c3ccc4c(c3)c3ccccc3n4C3=CC=CCC3)ccc2CC1C1=CC=CCC1. The first-order valence-electron chi connectivity index (χ1n) is 17.6. The molecule has 1 heterocycles. The molecule has 4 aliphatic carbocycles. The zero-order valence-electron chi connectivity index (χ0n) is 27.3. The largest absolute Gasteiger partial charge is 0.313 e. The molecular weight excluding hydrogens is 567 g/mol. The van der Waals surface area contributed by atoms with Crippen LogP contribution in [0.25, 0.3) is 55.3 Å². The van der Waals surface area contributed by atoms with E-state index < -0.39 is 0 Å². The molecule has 0 saturated heterocycles. The average molecular weight is 608 g/mol. The molecule has 4 aromatic carbocycles. The normalized spacial score (nSPS) is 20.4. The number of aromatic nitrogens is 1. The van der Waals surface area contributed by atoms with Gasteiger partial charge in [0, 0.05) is 16.5 Å². The Morgan fingerprint density at radius 3 is 2.28 bits per heavy atom. The van der Waals surface area contributed by atoms with E-state index in [1.165, 1.54) is 78.4 Å². The second-order valence-electron chi connectivity index (χ2n) is 13.8. The molecule has 1 heteroatoms. The number of para-hydroxylation sites is 1. The molecule has 1 aromatic heterocycles. The van der Waals surface area contributed by atoms with Gasteiger partial charge in [0.05, 0.1) is 11.0 Å². The molecule has 0 amide bonds. The molecule has 1 unspecified atom stereocenters. The molecule has 4 aliphatic rings. The molecule has 0 bridgehead atoms. The van der Waals surface area contributed by atoms with Gasteiger partial charge in [0.15, 0.2) is 0 Å². The van der Waals surface area contributed by atoms with Gasteiger partial charge in [-0.25, -0.2) is 0 Å². The van der Waals surface area contributed by atoms with Crippen molar-refractivity contribution in [3.63, 3.8) is 0 Å². The lowest BCUT2D eigenvalue weighted by molar-refractivity contribution is 0.499. The van der Waals surface area contributed by atoms with Crippen molar-refractivity contribution >= 4 is 33.1 Å². The molecule has 0 saturated carbocycles. The summed E-state index contributed by atoms with van der Waals surface area (Å²) in [6, 6.07) is 30.6. The Hall–Kier alpha value is -4.88. The van der Waals surface area contributed by atoms with Crippen molar-refractivity contribution in [2.75, 3.05) is 0 Å². The summed E-state index contributed by atoms with van der Waals surface area (Å²) in [5, 5.41) is 2.65. The average Bonchev–Trinajstić information content (AvgIpc) is 3.42. The fraction of sp³-hybridized carbons (Fsp3) is 0.217. The van der Waals surface area contributed by atoms with E-state index in [0.29, 0.717) is 11.8 Å². The van der Waals surface area contributed by atoms with Crippen LogP contribution in [0.1, 0.15) is 68.1 Å². The molecule has 47 heavy (non-hydrogen) atoms. The lowest BCUT2D eigenvalue weighted by Crippen LogP contribution is -2.16. The van der Waals surface area contributed by atoms with Gasteiger partial charge in [-0.15, -0.1) is 0 Å². The Bertz CT molecular complexity index is 2240. The Labute approximate surface area is 278 Å². The molecule has 5 aromatic rings.